The third-order valence-corrected chi connectivity index (χ3v) is 4.07. The number of nitrogens with zero attached hydrogens (tertiary/aromatic N) is 2. The Bertz CT molecular complexity index is 579. The predicted molar refractivity (Wildman–Crippen MR) is 74.6 cm³/mol. The van der Waals surface area contributed by atoms with E-state index in [1.807, 2.05) is 0 Å². The zero-order valence-corrected chi connectivity index (χ0v) is 12.1. The molecule has 0 bridgehead atoms. The number of hydrogen-bond donors (Lipinski definition) is 1. The number of carbonyl (C=O) groups is 3. The SMILES string of the molecule is O=C(O)CN(C(=O)C1CC(=O)N(Cc2ccco2)C1)C1CC1. The largest absolute Gasteiger partial charge is 0.480 e. The van der Waals surface area contributed by atoms with E-state index in [2.05, 4.69) is 0 Å². The molecule has 7 nitrogen and oxygen atoms in total. The summed E-state index contributed by atoms with van der Waals surface area (Å²) in [6.45, 7) is 0.381. The van der Waals surface area contributed by atoms with Crippen molar-refractivity contribution in [1.29, 1.82) is 0 Å². The molecule has 1 aliphatic carbocycles. The van der Waals surface area contributed by atoms with Gasteiger partial charge in [-0.05, 0) is 25.0 Å². The van der Waals surface area contributed by atoms with Crippen LogP contribution in [0.2, 0.25) is 0 Å². The molecule has 2 amide bonds. The number of carbonyl (C=O) groups excluding carboxylic acids is 2. The van der Waals surface area contributed by atoms with Gasteiger partial charge in [0.05, 0.1) is 18.7 Å². The van der Waals surface area contributed by atoms with E-state index in [0.29, 0.717) is 18.8 Å². The predicted octanol–water partition coefficient (Wildman–Crippen LogP) is 0.704. The van der Waals surface area contributed by atoms with E-state index >= 15 is 0 Å². The number of rotatable bonds is 6. The highest BCUT2D eigenvalue weighted by molar-refractivity contribution is 5.91. The fourth-order valence-corrected chi connectivity index (χ4v) is 2.83. The number of amides is 2. The Labute approximate surface area is 127 Å². The molecule has 118 valence electrons. The number of hydrogen-bond acceptors (Lipinski definition) is 4. The van der Waals surface area contributed by atoms with Gasteiger partial charge in [0.15, 0.2) is 0 Å². The second-order valence-electron chi connectivity index (χ2n) is 5.85. The molecule has 1 atom stereocenters. The van der Waals surface area contributed by atoms with Crippen LogP contribution in [0.4, 0.5) is 0 Å². The van der Waals surface area contributed by atoms with Crippen LogP contribution in [-0.2, 0) is 20.9 Å². The number of likely N-dealkylation sites (tertiary alicyclic amines) is 1. The number of carboxylic acids is 1. The maximum atomic E-state index is 12.5. The Hall–Kier alpha value is -2.31. The summed E-state index contributed by atoms with van der Waals surface area (Å²) in [5, 5.41) is 8.94. The van der Waals surface area contributed by atoms with E-state index in [4.69, 9.17) is 9.52 Å². The van der Waals surface area contributed by atoms with Gasteiger partial charge in [-0.1, -0.05) is 0 Å². The highest BCUT2D eigenvalue weighted by atomic mass is 16.4. The van der Waals surface area contributed by atoms with Gasteiger partial charge in [0.2, 0.25) is 11.8 Å². The standard InChI is InChI=1S/C15H18N2O5/c18-13-6-10(7-16(13)8-12-2-1-5-22-12)15(21)17(9-14(19)20)11-3-4-11/h1-2,5,10-11H,3-4,6-9H2,(H,19,20). The molecule has 7 heteroatoms. The average molecular weight is 306 g/mol. The van der Waals surface area contributed by atoms with Crippen LogP contribution in [0.3, 0.4) is 0 Å². The van der Waals surface area contributed by atoms with Gasteiger partial charge in [0, 0.05) is 19.0 Å². The molecule has 2 fully saturated rings. The first-order valence-electron chi connectivity index (χ1n) is 7.37. The second-order valence-corrected chi connectivity index (χ2v) is 5.85. The first-order chi connectivity index (χ1) is 10.5. The van der Waals surface area contributed by atoms with Crippen molar-refractivity contribution < 1.29 is 23.9 Å². The molecule has 1 N–H and O–H groups in total. The minimum Gasteiger partial charge on any atom is -0.480 e. The van der Waals surface area contributed by atoms with Gasteiger partial charge in [-0.3, -0.25) is 14.4 Å². The van der Waals surface area contributed by atoms with E-state index in [1.54, 1.807) is 23.3 Å². The molecule has 1 aromatic heterocycles. The molecule has 2 heterocycles. The molecule has 1 aromatic rings. The monoisotopic (exact) mass is 306 g/mol. The molecule has 1 aliphatic heterocycles. The summed E-state index contributed by atoms with van der Waals surface area (Å²) >= 11 is 0. The van der Waals surface area contributed by atoms with E-state index in [-0.39, 0.29) is 30.8 Å². The Morgan fingerprint density at radius 2 is 2.18 bits per heavy atom. The number of aliphatic carboxylic acids is 1. The topological polar surface area (TPSA) is 91.1 Å². The highest BCUT2D eigenvalue weighted by Gasteiger charge is 2.41. The molecule has 22 heavy (non-hydrogen) atoms. The first-order valence-corrected chi connectivity index (χ1v) is 7.37. The Morgan fingerprint density at radius 1 is 1.41 bits per heavy atom. The van der Waals surface area contributed by atoms with Crippen molar-refractivity contribution in [3.63, 3.8) is 0 Å². The first kappa shape index (κ1) is 14.6. The quantitative estimate of drug-likeness (QED) is 0.835. The maximum Gasteiger partial charge on any atom is 0.323 e. The third kappa shape index (κ3) is 3.13. The summed E-state index contributed by atoms with van der Waals surface area (Å²) in [5.41, 5.74) is 0. The van der Waals surface area contributed by atoms with Gasteiger partial charge in [-0.25, -0.2) is 0 Å². The molecule has 1 saturated carbocycles. The zero-order chi connectivity index (χ0) is 15.7. The van der Waals surface area contributed by atoms with Gasteiger partial charge >= 0.3 is 5.97 Å². The fourth-order valence-electron chi connectivity index (χ4n) is 2.83. The van der Waals surface area contributed by atoms with Crippen molar-refractivity contribution in [2.45, 2.75) is 31.8 Å². The fraction of sp³-hybridized carbons (Fsp3) is 0.533. The summed E-state index contributed by atoms with van der Waals surface area (Å²) < 4.78 is 5.22. The lowest BCUT2D eigenvalue weighted by Gasteiger charge is -2.23. The van der Waals surface area contributed by atoms with Crippen molar-refractivity contribution in [1.82, 2.24) is 9.80 Å². The van der Waals surface area contributed by atoms with Crippen molar-refractivity contribution in [2.75, 3.05) is 13.1 Å². The maximum absolute atomic E-state index is 12.5. The molecule has 0 spiro atoms. The summed E-state index contributed by atoms with van der Waals surface area (Å²) in [4.78, 5) is 38.5. The number of carboxylic acid groups (broad SMARTS) is 1. The normalized spacial score (nSPS) is 21.2. The van der Waals surface area contributed by atoms with Crippen LogP contribution in [-0.4, -0.2) is 51.8 Å². The second kappa shape index (κ2) is 5.82. The van der Waals surface area contributed by atoms with E-state index < -0.39 is 11.9 Å². The molecule has 1 saturated heterocycles. The highest BCUT2D eigenvalue weighted by Crippen LogP contribution is 2.30. The smallest absolute Gasteiger partial charge is 0.323 e. The summed E-state index contributed by atoms with van der Waals surface area (Å²) in [5.74, 6) is -1.12. The van der Waals surface area contributed by atoms with Crippen molar-refractivity contribution in [3.05, 3.63) is 24.2 Å². The summed E-state index contributed by atoms with van der Waals surface area (Å²) in [6, 6.07) is 3.56. The van der Waals surface area contributed by atoms with Crippen LogP contribution in [0.15, 0.2) is 22.8 Å². The third-order valence-electron chi connectivity index (χ3n) is 4.07. The molecule has 0 radical (unpaired) electrons. The van der Waals surface area contributed by atoms with Crippen LogP contribution in [0.5, 0.6) is 0 Å². The van der Waals surface area contributed by atoms with E-state index in [0.717, 1.165) is 12.8 Å². The molecule has 1 unspecified atom stereocenters. The van der Waals surface area contributed by atoms with E-state index in [9.17, 15) is 14.4 Å². The molecular formula is C15H18N2O5. The lowest BCUT2D eigenvalue weighted by atomic mass is 10.1. The summed E-state index contributed by atoms with van der Waals surface area (Å²) in [7, 11) is 0. The lowest BCUT2D eigenvalue weighted by molar-refractivity contribution is -0.146. The summed E-state index contributed by atoms with van der Waals surface area (Å²) in [6.07, 6.45) is 3.37. The zero-order valence-electron chi connectivity index (χ0n) is 12.1. The van der Waals surface area contributed by atoms with Crippen LogP contribution in [0, 0.1) is 5.92 Å². The van der Waals surface area contributed by atoms with Crippen molar-refractivity contribution >= 4 is 17.8 Å². The van der Waals surface area contributed by atoms with Gasteiger partial charge in [-0.15, -0.1) is 0 Å². The molecular weight excluding hydrogens is 288 g/mol. The van der Waals surface area contributed by atoms with Gasteiger partial charge in [0.1, 0.15) is 12.3 Å². The number of furan rings is 1. The lowest BCUT2D eigenvalue weighted by Crippen LogP contribution is -2.42. The Balaban J connectivity index is 1.63. The molecule has 0 aromatic carbocycles. The van der Waals surface area contributed by atoms with Crippen molar-refractivity contribution in [2.24, 2.45) is 5.92 Å². The van der Waals surface area contributed by atoms with Gasteiger partial charge in [0.25, 0.3) is 0 Å². The van der Waals surface area contributed by atoms with Gasteiger partial charge in [-0.2, -0.15) is 0 Å². The minimum absolute atomic E-state index is 0.0258. The van der Waals surface area contributed by atoms with Crippen LogP contribution in [0.25, 0.3) is 0 Å². The van der Waals surface area contributed by atoms with Crippen LogP contribution < -0.4 is 0 Å². The Kier molecular flexibility index (Phi) is 3.87. The minimum atomic E-state index is -1.02. The van der Waals surface area contributed by atoms with Crippen LogP contribution in [0.1, 0.15) is 25.0 Å². The molecule has 2 aliphatic rings. The van der Waals surface area contributed by atoms with Crippen LogP contribution >= 0.6 is 0 Å². The molecule has 3 rings (SSSR count). The van der Waals surface area contributed by atoms with Gasteiger partial charge < -0.3 is 19.3 Å². The Morgan fingerprint density at radius 3 is 2.77 bits per heavy atom. The van der Waals surface area contributed by atoms with E-state index in [1.165, 1.54) is 4.90 Å². The van der Waals surface area contributed by atoms with Crippen molar-refractivity contribution in [3.8, 4) is 0 Å². The average Bonchev–Trinajstić information content (AvgIpc) is 3.07.